The first-order valence-corrected chi connectivity index (χ1v) is 7.33. The van der Waals surface area contributed by atoms with Crippen molar-refractivity contribution in [1.29, 1.82) is 0 Å². The number of carbonyl (C=O) groups excluding carboxylic acids is 1. The average Bonchev–Trinajstić information content (AvgIpc) is 2.94. The Kier molecular flexibility index (Phi) is 5.09. The van der Waals surface area contributed by atoms with Gasteiger partial charge in [-0.2, -0.15) is 0 Å². The molecule has 1 amide bonds. The molecule has 1 N–H and O–H groups in total. The largest absolute Gasteiger partial charge is 0.467 e. The summed E-state index contributed by atoms with van der Waals surface area (Å²) >= 11 is 6.98. The number of furan rings is 1. The van der Waals surface area contributed by atoms with Crippen LogP contribution in [0, 0.1) is 5.82 Å². The maximum absolute atomic E-state index is 13.0. The third-order valence-corrected chi connectivity index (χ3v) is 3.89. The number of halogens is 2. The lowest BCUT2D eigenvalue weighted by molar-refractivity contribution is -0.119. The fourth-order valence-corrected chi connectivity index (χ4v) is 2.60. The fraction of sp³-hybridized carbons (Fsp3) is 0.214. The highest BCUT2D eigenvalue weighted by Crippen LogP contribution is 2.24. The second-order valence-electron chi connectivity index (χ2n) is 4.17. The van der Waals surface area contributed by atoms with Crippen molar-refractivity contribution in [1.82, 2.24) is 5.32 Å². The molecular formula is C14H13ClFNO2S. The summed E-state index contributed by atoms with van der Waals surface area (Å²) in [6.07, 6.45) is 1.56. The molecule has 2 rings (SSSR count). The molecular weight excluding hydrogens is 301 g/mol. The van der Waals surface area contributed by atoms with Crippen LogP contribution in [0.3, 0.4) is 0 Å². The molecule has 0 spiro atoms. The lowest BCUT2D eigenvalue weighted by atomic mass is 10.2. The predicted molar refractivity (Wildman–Crippen MR) is 77.4 cm³/mol. The lowest BCUT2D eigenvalue weighted by Crippen LogP contribution is -2.27. The zero-order valence-electron chi connectivity index (χ0n) is 10.7. The van der Waals surface area contributed by atoms with Crippen LogP contribution in [0.5, 0.6) is 0 Å². The Labute approximate surface area is 125 Å². The van der Waals surface area contributed by atoms with Crippen LogP contribution >= 0.6 is 23.4 Å². The van der Waals surface area contributed by atoms with Gasteiger partial charge in [0.05, 0.1) is 23.1 Å². The van der Waals surface area contributed by atoms with Gasteiger partial charge in [0, 0.05) is 4.90 Å². The molecule has 0 saturated carbocycles. The van der Waals surface area contributed by atoms with Crippen LogP contribution in [0.25, 0.3) is 0 Å². The van der Waals surface area contributed by atoms with Gasteiger partial charge in [0.25, 0.3) is 0 Å². The van der Waals surface area contributed by atoms with Gasteiger partial charge in [-0.05, 0) is 37.3 Å². The Bertz CT molecular complexity index is 589. The summed E-state index contributed by atoms with van der Waals surface area (Å²) in [4.78, 5) is 12.5. The number of nitrogens with one attached hydrogen (secondary N) is 1. The Morgan fingerprint density at radius 2 is 2.30 bits per heavy atom. The topological polar surface area (TPSA) is 42.2 Å². The van der Waals surface area contributed by atoms with Gasteiger partial charge in [-0.3, -0.25) is 4.79 Å². The van der Waals surface area contributed by atoms with Crippen LogP contribution in [-0.2, 0) is 4.79 Å². The van der Waals surface area contributed by atoms with Crippen molar-refractivity contribution in [3.05, 3.63) is 53.2 Å². The summed E-state index contributed by atoms with van der Waals surface area (Å²) in [5.74, 6) is 0.340. The first-order chi connectivity index (χ1) is 9.56. The third kappa shape index (κ3) is 4.02. The molecule has 0 aliphatic heterocycles. The predicted octanol–water partition coefficient (Wildman–Crippen LogP) is 4.04. The normalized spacial score (nSPS) is 12.2. The van der Waals surface area contributed by atoms with Gasteiger partial charge in [0.2, 0.25) is 5.91 Å². The molecule has 3 nitrogen and oxygen atoms in total. The van der Waals surface area contributed by atoms with Gasteiger partial charge >= 0.3 is 0 Å². The first kappa shape index (κ1) is 14.9. The molecule has 0 bridgehead atoms. The van der Waals surface area contributed by atoms with Crippen molar-refractivity contribution in [3.63, 3.8) is 0 Å². The van der Waals surface area contributed by atoms with Crippen LogP contribution in [0.2, 0.25) is 5.02 Å². The Morgan fingerprint density at radius 3 is 2.95 bits per heavy atom. The minimum Gasteiger partial charge on any atom is -0.467 e. The zero-order valence-corrected chi connectivity index (χ0v) is 12.3. The molecule has 20 heavy (non-hydrogen) atoms. The summed E-state index contributed by atoms with van der Waals surface area (Å²) in [7, 11) is 0. The summed E-state index contributed by atoms with van der Waals surface area (Å²) in [6, 6.07) is 7.77. The SMILES string of the molecule is CC(NC(=O)CSc1ccc(F)c(Cl)c1)c1ccco1. The van der Waals surface area contributed by atoms with Crippen molar-refractivity contribution >= 4 is 29.3 Å². The number of rotatable bonds is 5. The molecule has 106 valence electrons. The van der Waals surface area contributed by atoms with E-state index in [0.29, 0.717) is 5.76 Å². The van der Waals surface area contributed by atoms with Gasteiger partial charge in [-0.25, -0.2) is 4.39 Å². The average molecular weight is 314 g/mol. The Morgan fingerprint density at radius 1 is 1.50 bits per heavy atom. The lowest BCUT2D eigenvalue weighted by Gasteiger charge is -2.11. The first-order valence-electron chi connectivity index (χ1n) is 5.97. The summed E-state index contributed by atoms with van der Waals surface area (Å²) in [5.41, 5.74) is 0. The Balaban J connectivity index is 1.84. The molecule has 1 heterocycles. The van der Waals surface area contributed by atoms with Crippen molar-refractivity contribution in [3.8, 4) is 0 Å². The van der Waals surface area contributed by atoms with Gasteiger partial charge in [-0.1, -0.05) is 11.6 Å². The van der Waals surface area contributed by atoms with Crippen molar-refractivity contribution in [2.45, 2.75) is 17.9 Å². The summed E-state index contributed by atoms with van der Waals surface area (Å²) < 4.78 is 18.2. The molecule has 0 aliphatic carbocycles. The molecule has 0 fully saturated rings. The van der Waals surface area contributed by atoms with E-state index < -0.39 is 5.82 Å². The Hall–Kier alpha value is -1.46. The summed E-state index contributed by atoms with van der Waals surface area (Å²) in [6.45, 7) is 1.84. The van der Waals surface area contributed by atoms with E-state index in [4.69, 9.17) is 16.0 Å². The van der Waals surface area contributed by atoms with E-state index in [-0.39, 0.29) is 22.7 Å². The standard InChI is InChI=1S/C14H13ClFNO2S/c1-9(13-3-2-6-19-13)17-14(18)8-20-10-4-5-12(16)11(15)7-10/h2-7,9H,8H2,1H3,(H,17,18). The van der Waals surface area contributed by atoms with Gasteiger partial charge in [0.1, 0.15) is 11.6 Å². The van der Waals surface area contributed by atoms with E-state index in [1.165, 1.54) is 23.9 Å². The van der Waals surface area contributed by atoms with Crippen LogP contribution in [0.1, 0.15) is 18.7 Å². The van der Waals surface area contributed by atoms with E-state index in [2.05, 4.69) is 5.32 Å². The summed E-state index contributed by atoms with van der Waals surface area (Å²) in [5, 5.41) is 2.87. The van der Waals surface area contributed by atoms with Crippen molar-refractivity contribution in [2.24, 2.45) is 0 Å². The molecule has 1 aromatic heterocycles. The fourth-order valence-electron chi connectivity index (χ4n) is 1.61. The maximum Gasteiger partial charge on any atom is 0.230 e. The number of amides is 1. The molecule has 2 aromatic rings. The van der Waals surface area contributed by atoms with Crippen molar-refractivity contribution < 1.29 is 13.6 Å². The number of thioether (sulfide) groups is 1. The number of carbonyl (C=O) groups is 1. The van der Waals surface area contributed by atoms with E-state index in [9.17, 15) is 9.18 Å². The van der Waals surface area contributed by atoms with E-state index in [1.54, 1.807) is 24.5 Å². The minimum absolute atomic E-state index is 0.0550. The molecule has 0 aliphatic rings. The monoisotopic (exact) mass is 313 g/mol. The van der Waals surface area contributed by atoms with Crippen molar-refractivity contribution in [2.75, 3.05) is 5.75 Å². The molecule has 1 aromatic carbocycles. The van der Waals surface area contributed by atoms with Crippen LogP contribution in [-0.4, -0.2) is 11.7 Å². The smallest absolute Gasteiger partial charge is 0.230 e. The van der Waals surface area contributed by atoms with Gasteiger partial charge < -0.3 is 9.73 Å². The van der Waals surface area contributed by atoms with E-state index >= 15 is 0 Å². The molecule has 0 saturated heterocycles. The molecule has 1 unspecified atom stereocenters. The van der Waals surface area contributed by atoms with E-state index in [1.807, 2.05) is 6.92 Å². The van der Waals surface area contributed by atoms with Gasteiger partial charge in [0.15, 0.2) is 0 Å². The van der Waals surface area contributed by atoms with Gasteiger partial charge in [-0.15, -0.1) is 11.8 Å². The number of hydrogen-bond donors (Lipinski definition) is 1. The zero-order chi connectivity index (χ0) is 14.5. The second kappa shape index (κ2) is 6.81. The van der Waals surface area contributed by atoms with Crippen LogP contribution in [0.4, 0.5) is 4.39 Å². The van der Waals surface area contributed by atoms with Crippen LogP contribution < -0.4 is 5.32 Å². The quantitative estimate of drug-likeness (QED) is 0.847. The second-order valence-corrected chi connectivity index (χ2v) is 5.63. The maximum atomic E-state index is 13.0. The molecule has 6 heteroatoms. The minimum atomic E-state index is -0.466. The highest BCUT2D eigenvalue weighted by molar-refractivity contribution is 8.00. The third-order valence-electron chi connectivity index (χ3n) is 2.61. The number of benzene rings is 1. The number of hydrogen-bond acceptors (Lipinski definition) is 3. The highest BCUT2D eigenvalue weighted by atomic mass is 35.5. The molecule has 1 atom stereocenters. The van der Waals surface area contributed by atoms with E-state index in [0.717, 1.165) is 4.90 Å². The highest BCUT2D eigenvalue weighted by Gasteiger charge is 2.12. The van der Waals surface area contributed by atoms with Crippen LogP contribution in [0.15, 0.2) is 45.9 Å². The molecule has 0 radical (unpaired) electrons.